The van der Waals surface area contributed by atoms with E-state index in [0.717, 1.165) is 31.2 Å². The monoisotopic (exact) mass is 348 g/mol. The quantitative estimate of drug-likeness (QED) is 0.850. The molecule has 5 nitrogen and oxygen atoms in total. The van der Waals surface area contributed by atoms with Crippen molar-refractivity contribution >= 4 is 29.3 Å². The molecule has 1 saturated carbocycles. The Kier molecular flexibility index (Phi) is 4.90. The highest BCUT2D eigenvalue weighted by Gasteiger charge is 2.50. The van der Waals surface area contributed by atoms with Gasteiger partial charge in [-0.2, -0.15) is 0 Å². The lowest BCUT2D eigenvalue weighted by Crippen LogP contribution is -2.48. The minimum absolute atomic E-state index is 0.185. The highest BCUT2D eigenvalue weighted by Crippen LogP contribution is 2.38. The third kappa shape index (κ3) is 3.18. The molecule has 1 saturated heterocycles. The second kappa shape index (κ2) is 6.93. The van der Waals surface area contributed by atoms with Gasteiger partial charge in [-0.15, -0.1) is 0 Å². The molecule has 0 radical (unpaired) electrons. The van der Waals surface area contributed by atoms with E-state index in [4.69, 9.17) is 11.6 Å². The van der Waals surface area contributed by atoms with Crippen LogP contribution in [0.2, 0.25) is 5.02 Å². The number of nitrogens with one attached hydrogen (secondary N) is 1. The Hall–Kier alpha value is -1.88. The molecule has 6 heteroatoms. The molecule has 3 atom stereocenters. The van der Waals surface area contributed by atoms with Crippen molar-refractivity contribution in [2.75, 3.05) is 0 Å². The number of hydrogen-bond acceptors (Lipinski definition) is 3. The molecule has 3 rings (SSSR count). The minimum Gasteiger partial charge on any atom is -0.350 e. The number of carbonyl (C=O) groups excluding carboxylic acids is 3. The van der Waals surface area contributed by atoms with Gasteiger partial charge >= 0.3 is 0 Å². The van der Waals surface area contributed by atoms with Gasteiger partial charge in [0.1, 0.15) is 6.04 Å². The lowest BCUT2D eigenvalue weighted by atomic mass is 9.81. The lowest BCUT2D eigenvalue weighted by molar-refractivity contribution is -0.147. The van der Waals surface area contributed by atoms with Gasteiger partial charge in [0.25, 0.3) is 0 Å². The molecular weight excluding hydrogens is 328 g/mol. The summed E-state index contributed by atoms with van der Waals surface area (Å²) in [4.78, 5) is 38.6. The zero-order valence-corrected chi connectivity index (χ0v) is 14.4. The average molecular weight is 349 g/mol. The van der Waals surface area contributed by atoms with E-state index in [1.807, 2.05) is 12.1 Å². The second-order valence-corrected chi connectivity index (χ2v) is 7.00. The van der Waals surface area contributed by atoms with Gasteiger partial charge < -0.3 is 5.32 Å². The zero-order chi connectivity index (χ0) is 17.3. The summed E-state index contributed by atoms with van der Waals surface area (Å²) in [6, 6.07) is 6.42. The van der Waals surface area contributed by atoms with Gasteiger partial charge in [0.2, 0.25) is 17.7 Å². The van der Waals surface area contributed by atoms with Crippen molar-refractivity contribution in [1.29, 1.82) is 0 Å². The van der Waals surface area contributed by atoms with Crippen LogP contribution in [0.4, 0.5) is 0 Å². The third-order valence-electron chi connectivity index (χ3n) is 5.00. The maximum absolute atomic E-state index is 12.5. The van der Waals surface area contributed by atoms with Crippen LogP contribution in [0.5, 0.6) is 0 Å². The van der Waals surface area contributed by atoms with Crippen LogP contribution in [0, 0.1) is 11.8 Å². The number of rotatable bonds is 4. The van der Waals surface area contributed by atoms with Gasteiger partial charge in [0.05, 0.1) is 11.8 Å². The van der Waals surface area contributed by atoms with Crippen LogP contribution in [-0.4, -0.2) is 28.7 Å². The Morgan fingerprint density at radius 1 is 1.25 bits per heavy atom. The van der Waals surface area contributed by atoms with Gasteiger partial charge in [-0.1, -0.05) is 36.6 Å². The molecule has 1 aromatic carbocycles. The molecule has 24 heavy (non-hydrogen) atoms. The van der Waals surface area contributed by atoms with E-state index in [1.165, 1.54) is 4.90 Å². The van der Waals surface area contributed by atoms with Crippen LogP contribution in [0.15, 0.2) is 24.3 Å². The molecule has 0 spiro atoms. The first-order valence-corrected chi connectivity index (χ1v) is 8.76. The van der Waals surface area contributed by atoms with Crippen LogP contribution in [0.1, 0.15) is 38.2 Å². The fourth-order valence-corrected chi connectivity index (χ4v) is 3.88. The summed E-state index contributed by atoms with van der Waals surface area (Å²) in [6.07, 6.45) is 3.46. The molecule has 0 bridgehead atoms. The highest BCUT2D eigenvalue weighted by atomic mass is 35.5. The predicted molar refractivity (Wildman–Crippen MR) is 90.1 cm³/mol. The standard InChI is InChI=1S/C18H21ClN2O3/c1-11(16(22)20-10-12-5-4-6-13(19)9-12)21-17(23)14-7-2-3-8-15(14)18(21)24/h4-6,9,11,14-15H,2-3,7-8,10H2,1H3,(H,20,22). The van der Waals surface area contributed by atoms with E-state index < -0.39 is 6.04 Å². The van der Waals surface area contributed by atoms with Crippen molar-refractivity contribution in [3.63, 3.8) is 0 Å². The van der Waals surface area contributed by atoms with Crippen molar-refractivity contribution < 1.29 is 14.4 Å². The summed E-state index contributed by atoms with van der Waals surface area (Å²) in [5, 5.41) is 3.38. The Morgan fingerprint density at radius 3 is 2.46 bits per heavy atom. The molecule has 2 aliphatic rings. The Bertz CT molecular complexity index is 652. The smallest absolute Gasteiger partial charge is 0.243 e. The molecule has 2 fully saturated rings. The molecule has 1 aliphatic heterocycles. The van der Waals surface area contributed by atoms with Crippen LogP contribution >= 0.6 is 11.6 Å². The lowest BCUT2D eigenvalue weighted by Gasteiger charge is -2.22. The number of amides is 3. The second-order valence-electron chi connectivity index (χ2n) is 6.57. The number of benzene rings is 1. The van der Waals surface area contributed by atoms with Gasteiger partial charge in [-0.05, 0) is 37.5 Å². The SMILES string of the molecule is CC(C(=O)NCc1cccc(Cl)c1)N1C(=O)C2CCCCC2C1=O. The molecule has 3 amide bonds. The summed E-state index contributed by atoms with van der Waals surface area (Å²) in [5.41, 5.74) is 0.871. The van der Waals surface area contributed by atoms with Crippen LogP contribution in [-0.2, 0) is 20.9 Å². The summed E-state index contributed by atoms with van der Waals surface area (Å²) >= 11 is 5.92. The summed E-state index contributed by atoms with van der Waals surface area (Å²) < 4.78 is 0. The van der Waals surface area contributed by atoms with E-state index in [0.29, 0.717) is 11.6 Å². The topological polar surface area (TPSA) is 66.5 Å². The molecule has 3 unspecified atom stereocenters. The number of fused-ring (bicyclic) bond motifs is 1. The van der Waals surface area contributed by atoms with Gasteiger partial charge in [0.15, 0.2) is 0 Å². The van der Waals surface area contributed by atoms with Crippen molar-refractivity contribution in [2.45, 2.75) is 45.2 Å². The highest BCUT2D eigenvalue weighted by molar-refractivity contribution is 6.30. The van der Waals surface area contributed by atoms with Crippen molar-refractivity contribution in [3.05, 3.63) is 34.9 Å². The van der Waals surface area contributed by atoms with Gasteiger partial charge in [-0.3, -0.25) is 19.3 Å². The predicted octanol–water partition coefficient (Wildman–Crippen LogP) is 2.52. The van der Waals surface area contributed by atoms with E-state index in [9.17, 15) is 14.4 Å². The zero-order valence-electron chi connectivity index (χ0n) is 13.6. The molecule has 0 aromatic heterocycles. The molecule has 128 valence electrons. The Balaban J connectivity index is 1.65. The van der Waals surface area contributed by atoms with Crippen LogP contribution in [0.3, 0.4) is 0 Å². The van der Waals surface area contributed by atoms with Crippen molar-refractivity contribution in [3.8, 4) is 0 Å². The van der Waals surface area contributed by atoms with E-state index in [1.54, 1.807) is 19.1 Å². The fourth-order valence-electron chi connectivity index (χ4n) is 3.67. The number of imide groups is 1. The normalized spacial score (nSPS) is 24.7. The Morgan fingerprint density at radius 2 is 1.88 bits per heavy atom. The van der Waals surface area contributed by atoms with Crippen molar-refractivity contribution in [1.82, 2.24) is 10.2 Å². The molecule has 1 aliphatic carbocycles. The first-order valence-electron chi connectivity index (χ1n) is 8.38. The minimum atomic E-state index is -0.783. The fraction of sp³-hybridized carbons (Fsp3) is 0.500. The summed E-state index contributed by atoms with van der Waals surface area (Å²) in [7, 11) is 0. The largest absolute Gasteiger partial charge is 0.350 e. The van der Waals surface area contributed by atoms with Gasteiger partial charge in [-0.25, -0.2) is 0 Å². The average Bonchev–Trinajstić information content (AvgIpc) is 2.84. The first-order chi connectivity index (χ1) is 11.5. The van der Waals surface area contributed by atoms with Crippen molar-refractivity contribution in [2.24, 2.45) is 11.8 Å². The van der Waals surface area contributed by atoms with Crippen LogP contribution in [0.25, 0.3) is 0 Å². The molecular formula is C18H21ClN2O3. The number of halogens is 1. The summed E-state index contributed by atoms with van der Waals surface area (Å²) in [5.74, 6) is -1.15. The first kappa shape index (κ1) is 17.0. The van der Waals surface area contributed by atoms with E-state index in [2.05, 4.69) is 5.32 Å². The van der Waals surface area contributed by atoms with Gasteiger partial charge in [0, 0.05) is 11.6 Å². The molecule has 1 aromatic rings. The number of likely N-dealkylation sites (tertiary alicyclic amines) is 1. The maximum atomic E-state index is 12.5. The molecule has 1 heterocycles. The summed E-state index contributed by atoms with van der Waals surface area (Å²) in [6.45, 7) is 1.92. The van der Waals surface area contributed by atoms with E-state index in [-0.39, 0.29) is 29.6 Å². The number of nitrogens with zero attached hydrogens (tertiary/aromatic N) is 1. The molecule has 1 N–H and O–H groups in total. The number of hydrogen-bond donors (Lipinski definition) is 1. The Labute approximate surface area is 146 Å². The third-order valence-corrected chi connectivity index (χ3v) is 5.23. The number of carbonyl (C=O) groups is 3. The maximum Gasteiger partial charge on any atom is 0.243 e. The van der Waals surface area contributed by atoms with E-state index >= 15 is 0 Å². The van der Waals surface area contributed by atoms with Crippen LogP contribution < -0.4 is 5.32 Å².